The minimum absolute atomic E-state index is 0.343. The molecule has 3 rings (SSSR count). The van der Waals surface area contributed by atoms with Gasteiger partial charge in [0.25, 0.3) is 11.8 Å². The molecule has 1 atom stereocenters. The van der Waals surface area contributed by atoms with Gasteiger partial charge >= 0.3 is 0 Å². The van der Waals surface area contributed by atoms with Crippen molar-refractivity contribution in [3.63, 3.8) is 0 Å². The number of halogens is 2. The number of benzene rings is 1. The molecule has 1 aliphatic rings. The Labute approximate surface area is 132 Å². The van der Waals surface area contributed by atoms with Crippen molar-refractivity contribution in [1.29, 1.82) is 0 Å². The first-order chi connectivity index (χ1) is 11.0. The van der Waals surface area contributed by atoms with E-state index < -0.39 is 37.4 Å². The number of nitrogens with zero attached hydrogens (tertiary/aromatic N) is 3. The maximum absolute atomic E-state index is 13.5. The molecule has 2 aromatic rings. The summed E-state index contributed by atoms with van der Waals surface area (Å²) in [6.45, 7) is -0.483. The second-order valence-electron chi connectivity index (χ2n) is 5.76. The molecule has 7 heteroatoms. The van der Waals surface area contributed by atoms with Gasteiger partial charge in [-0.2, -0.15) is 0 Å². The van der Waals surface area contributed by atoms with Gasteiger partial charge in [0.2, 0.25) is 0 Å². The van der Waals surface area contributed by atoms with Gasteiger partial charge in [-0.3, -0.25) is 4.79 Å². The van der Waals surface area contributed by atoms with Crippen LogP contribution in [0.4, 0.5) is 8.78 Å². The highest BCUT2D eigenvalue weighted by Gasteiger charge is 2.46. The Kier molecular flexibility index (Phi) is 4.12. The Balaban J connectivity index is 1.72. The van der Waals surface area contributed by atoms with Crippen LogP contribution < -0.4 is 0 Å². The smallest absolute Gasteiger partial charge is 0.267 e. The third-order valence-electron chi connectivity index (χ3n) is 3.97. The molecule has 1 aliphatic heterocycles. The van der Waals surface area contributed by atoms with Crippen molar-refractivity contribution in [2.24, 2.45) is 0 Å². The zero-order valence-electron chi connectivity index (χ0n) is 12.4. The van der Waals surface area contributed by atoms with E-state index in [2.05, 4.69) is 4.98 Å². The van der Waals surface area contributed by atoms with Crippen molar-refractivity contribution in [2.45, 2.75) is 24.9 Å². The van der Waals surface area contributed by atoms with Gasteiger partial charge in [-0.15, -0.1) is 0 Å². The van der Waals surface area contributed by atoms with E-state index in [0.717, 1.165) is 10.5 Å². The molecular formula is C16H17F2N3O2. The fourth-order valence-corrected chi connectivity index (χ4v) is 2.81. The highest BCUT2D eigenvalue weighted by Crippen LogP contribution is 2.32. The largest absolute Gasteiger partial charge is 0.394 e. The molecule has 1 aromatic heterocycles. The highest BCUT2D eigenvalue weighted by molar-refractivity contribution is 5.94. The van der Waals surface area contributed by atoms with Gasteiger partial charge in [-0.25, -0.2) is 13.8 Å². The van der Waals surface area contributed by atoms with Crippen LogP contribution in [0.1, 0.15) is 22.3 Å². The summed E-state index contributed by atoms with van der Waals surface area (Å²) < 4.78 is 28.8. The van der Waals surface area contributed by atoms with Gasteiger partial charge < -0.3 is 14.6 Å². The summed E-state index contributed by atoms with van der Waals surface area (Å²) in [5.74, 6) is -3.42. The van der Waals surface area contributed by atoms with Crippen LogP contribution in [0.25, 0.3) is 0 Å². The third kappa shape index (κ3) is 3.39. The standard InChI is InChI=1S/C16H17F2N3O2/c17-16(18)7-14(9-22)21(10-16)15(23)13-3-1-12(2-4-13)8-20-6-5-19-11-20/h1-6,11,14,22H,7-10H2. The molecule has 1 saturated heterocycles. The molecule has 0 bridgehead atoms. The first kappa shape index (κ1) is 15.6. The number of alkyl halides is 2. The lowest BCUT2D eigenvalue weighted by Crippen LogP contribution is -2.38. The van der Waals surface area contributed by atoms with E-state index in [1.165, 1.54) is 0 Å². The van der Waals surface area contributed by atoms with E-state index in [-0.39, 0.29) is 0 Å². The minimum Gasteiger partial charge on any atom is -0.394 e. The lowest BCUT2D eigenvalue weighted by molar-refractivity contribution is 0.0116. The average Bonchev–Trinajstić information content (AvgIpc) is 3.14. The summed E-state index contributed by atoms with van der Waals surface area (Å²) in [6, 6.07) is 5.99. The first-order valence-corrected chi connectivity index (χ1v) is 7.33. The second kappa shape index (κ2) is 6.08. The molecule has 1 amide bonds. The van der Waals surface area contributed by atoms with E-state index in [1.807, 2.05) is 10.8 Å². The minimum atomic E-state index is -2.94. The van der Waals surface area contributed by atoms with Crippen LogP contribution in [0.5, 0.6) is 0 Å². The number of aliphatic hydroxyl groups is 1. The van der Waals surface area contributed by atoms with Crippen molar-refractivity contribution >= 4 is 5.91 Å². The summed E-state index contributed by atoms with van der Waals surface area (Å²) in [7, 11) is 0. The van der Waals surface area contributed by atoms with Crippen LogP contribution in [-0.4, -0.2) is 50.6 Å². The molecule has 1 fully saturated rings. The number of carbonyl (C=O) groups excluding carboxylic acids is 1. The Morgan fingerprint density at radius 3 is 2.70 bits per heavy atom. The van der Waals surface area contributed by atoms with E-state index in [9.17, 15) is 18.7 Å². The number of imidazole rings is 1. The summed E-state index contributed by atoms with van der Waals surface area (Å²) in [4.78, 5) is 17.4. The zero-order chi connectivity index (χ0) is 16.4. The molecule has 1 unspecified atom stereocenters. The normalized spacial score (nSPS) is 20.0. The lowest BCUT2D eigenvalue weighted by Gasteiger charge is -2.22. The summed E-state index contributed by atoms with van der Waals surface area (Å²) in [5.41, 5.74) is 1.32. The molecule has 0 saturated carbocycles. The number of amides is 1. The van der Waals surface area contributed by atoms with E-state index >= 15 is 0 Å². The Hall–Kier alpha value is -2.28. The van der Waals surface area contributed by atoms with Crippen molar-refractivity contribution in [3.8, 4) is 0 Å². The van der Waals surface area contributed by atoms with Crippen LogP contribution in [0, 0.1) is 0 Å². The third-order valence-corrected chi connectivity index (χ3v) is 3.97. The number of likely N-dealkylation sites (tertiary alicyclic amines) is 1. The summed E-state index contributed by atoms with van der Waals surface area (Å²) in [5, 5.41) is 9.22. The number of aliphatic hydroxyl groups excluding tert-OH is 1. The fraction of sp³-hybridized carbons (Fsp3) is 0.375. The van der Waals surface area contributed by atoms with Crippen molar-refractivity contribution < 1.29 is 18.7 Å². The van der Waals surface area contributed by atoms with E-state index in [4.69, 9.17) is 0 Å². The van der Waals surface area contributed by atoms with Crippen LogP contribution in [0.2, 0.25) is 0 Å². The molecule has 1 N–H and O–H groups in total. The summed E-state index contributed by atoms with van der Waals surface area (Å²) >= 11 is 0. The number of hydrogen-bond donors (Lipinski definition) is 1. The monoisotopic (exact) mass is 321 g/mol. The van der Waals surface area contributed by atoms with Gasteiger partial charge in [0.1, 0.15) is 0 Å². The Morgan fingerprint density at radius 1 is 1.35 bits per heavy atom. The molecule has 0 aliphatic carbocycles. The van der Waals surface area contributed by atoms with Gasteiger partial charge in [0.15, 0.2) is 0 Å². The molecule has 5 nitrogen and oxygen atoms in total. The van der Waals surface area contributed by atoms with Crippen molar-refractivity contribution in [3.05, 3.63) is 54.1 Å². The molecule has 2 heterocycles. The fourth-order valence-electron chi connectivity index (χ4n) is 2.81. The van der Waals surface area contributed by atoms with Crippen LogP contribution in [-0.2, 0) is 6.54 Å². The molecule has 23 heavy (non-hydrogen) atoms. The van der Waals surface area contributed by atoms with Crippen LogP contribution in [0.15, 0.2) is 43.0 Å². The van der Waals surface area contributed by atoms with Gasteiger partial charge in [-0.05, 0) is 17.7 Å². The van der Waals surface area contributed by atoms with Gasteiger partial charge in [0, 0.05) is 30.9 Å². The van der Waals surface area contributed by atoms with Crippen LogP contribution >= 0.6 is 0 Å². The summed E-state index contributed by atoms with van der Waals surface area (Å²) in [6.07, 6.45) is 4.71. The van der Waals surface area contributed by atoms with E-state index in [1.54, 1.807) is 36.8 Å². The Morgan fingerprint density at radius 2 is 2.09 bits per heavy atom. The predicted molar refractivity (Wildman–Crippen MR) is 79.2 cm³/mol. The topological polar surface area (TPSA) is 58.4 Å². The predicted octanol–water partition coefficient (Wildman–Crippen LogP) is 1.77. The highest BCUT2D eigenvalue weighted by atomic mass is 19.3. The average molecular weight is 321 g/mol. The van der Waals surface area contributed by atoms with Crippen molar-refractivity contribution in [1.82, 2.24) is 14.5 Å². The van der Waals surface area contributed by atoms with Crippen molar-refractivity contribution in [2.75, 3.05) is 13.2 Å². The number of rotatable bonds is 4. The zero-order valence-corrected chi connectivity index (χ0v) is 12.4. The molecule has 0 radical (unpaired) electrons. The molecule has 122 valence electrons. The van der Waals surface area contributed by atoms with Crippen LogP contribution in [0.3, 0.4) is 0 Å². The number of hydrogen-bond acceptors (Lipinski definition) is 3. The number of aromatic nitrogens is 2. The second-order valence-corrected chi connectivity index (χ2v) is 5.76. The lowest BCUT2D eigenvalue weighted by atomic mass is 10.1. The van der Waals surface area contributed by atoms with Gasteiger partial charge in [-0.1, -0.05) is 12.1 Å². The molecule has 0 spiro atoms. The maximum Gasteiger partial charge on any atom is 0.267 e. The SMILES string of the molecule is O=C(c1ccc(Cn2ccnc2)cc1)N1CC(F)(F)CC1CO. The van der Waals surface area contributed by atoms with Gasteiger partial charge in [0.05, 0.1) is 25.5 Å². The number of carbonyl (C=O) groups is 1. The quantitative estimate of drug-likeness (QED) is 0.934. The van der Waals surface area contributed by atoms with E-state index in [0.29, 0.717) is 12.1 Å². The molecule has 1 aromatic carbocycles. The molecular weight excluding hydrogens is 304 g/mol. The maximum atomic E-state index is 13.5. The Bertz CT molecular complexity index is 671. The first-order valence-electron chi connectivity index (χ1n) is 7.33.